The lowest BCUT2D eigenvalue weighted by molar-refractivity contribution is 0.256. The predicted octanol–water partition coefficient (Wildman–Crippen LogP) is 0.0330. The minimum Gasteiger partial charge on any atom is -0.395 e. The van der Waals surface area contributed by atoms with E-state index in [1.807, 2.05) is 30.3 Å². The van der Waals surface area contributed by atoms with Gasteiger partial charge in [0.1, 0.15) is 0 Å². The first-order chi connectivity index (χ1) is 8.07. The first-order valence-electron chi connectivity index (χ1n) is 5.09. The second-order valence-corrected chi connectivity index (χ2v) is 5.36. The van der Waals surface area contributed by atoms with Gasteiger partial charge in [0.2, 0.25) is 10.0 Å². The maximum atomic E-state index is 11.3. The first kappa shape index (κ1) is 13.6. The number of nitrogens with zero attached hydrogens (tertiary/aromatic N) is 1. The molecule has 0 radical (unpaired) electrons. The second kappa shape index (κ2) is 6.35. The molecule has 0 heterocycles. The molecule has 0 spiro atoms. The maximum absolute atomic E-state index is 11.3. The van der Waals surface area contributed by atoms with E-state index >= 15 is 0 Å². The van der Waals surface area contributed by atoms with Crippen LogP contribution in [-0.4, -0.2) is 31.9 Å². The normalized spacial score (nSPS) is 12.9. The Morgan fingerprint density at radius 3 is 2.53 bits per heavy atom. The monoisotopic (exact) mass is 254 g/mol. The van der Waals surface area contributed by atoms with Crippen molar-refractivity contribution in [3.63, 3.8) is 0 Å². The Hall–Kier alpha value is -1.42. The zero-order valence-corrected chi connectivity index (χ0v) is 10.0. The number of aliphatic hydroxyl groups is 1. The summed E-state index contributed by atoms with van der Waals surface area (Å²) >= 11 is 0. The third-order valence-corrected chi connectivity index (χ3v) is 3.35. The molecule has 0 fully saturated rings. The third kappa shape index (κ3) is 4.95. The molecule has 1 unspecified atom stereocenters. The number of benzene rings is 1. The first-order valence-corrected chi connectivity index (χ1v) is 6.74. The van der Waals surface area contributed by atoms with Crippen LogP contribution in [0.3, 0.4) is 0 Å². The van der Waals surface area contributed by atoms with Gasteiger partial charge in [-0.3, -0.25) is 0 Å². The zero-order valence-electron chi connectivity index (χ0n) is 9.20. The number of nitriles is 1. The highest BCUT2D eigenvalue weighted by Gasteiger charge is 2.17. The minimum absolute atomic E-state index is 0.306. The van der Waals surface area contributed by atoms with Crippen LogP contribution >= 0.6 is 0 Å². The maximum Gasteiger partial charge on any atom is 0.225 e. The van der Waals surface area contributed by atoms with Gasteiger partial charge in [-0.2, -0.15) is 5.26 Å². The molecule has 0 saturated carbocycles. The number of sulfonamides is 1. The van der Waals surface area contributed by atoms with E-state index in [0.717, 1.165) is 5.56 Å². The van der Waals surface area contributed by atoms with Gasteiger partial charge >= 0.3 is 0 Å². The molecule has 92 valence electrons. The summed E-state index contributed by atoms with van der Waals surface area (Å²) in [4.78, 5) is 0. The Balaban J connectivity index is 2.65. The molecule has 0 aliphatic carbocycles. The number of hydrogen-bond acceptors (Lipinski definition) is 4. The summed E-state index contributed by atoms with van der Waals surface area (Å²) in [5.74, 6) is -0.599. The Bertz CT molecular complexity index is 479. The highest BCUT2D eigenvalue weighted by atomic mass is 32.2. The number of nitrogens with one attached hydrogen (secondary N) is 1. The van der Waals surface area contributed by atoms with Gasteiger partial charge in [0.05, 0.1) is 12.7 Å². The largest absolute Gasteiger partial charge is 0.395 e. The van der Waals surface area contributed by atoms with Crippen LogP contribution in [0, 0.1) is 11.3 Å². The van der Waals surface area contributed by atoms with Crippen molar-refractivity contribution < 1.29 is 13.5 Å². The molecular formula is C11H14N2O3S. The molecule has 0 saturated heterocycles. The zero-order chi connectivity index (χ0) is 12.7. The molecule has 5 nitrogen and oxygen atoms in total. The summed E-state index contributed by atoms with van der Waals surface area (Å²) in [5, 5.41) is 17.5. The van der Waals surface area contributed by atoms with Gasteiger partial charge in [-0.15, -0.1) is 0 Å². The quantitative estimate of drug-likeness (QED) is 0.749. The number of rotatable bonds is 6. The van der Waals surface area contributed by atoms with E-state index < -0.39 is 21.8 Å². The van der Waals surface area contributed by atoms with Crippen molar-refractivity contribution in [3.05, 3.63) is 35.9 Å². The molecule has 0 bridgehead atoms. The molecule has 1 aromatic carbocycles. The Morgan fingerprint density at radius 1 is 1.35 bits per heavy atom. The summed E-state index contributed by atoms with van der Waals surface area (Å²) in [6.45, 7) is -0.306. The molecule has 0 aliphatic heterocycles. The standard InChI is InChI=1S/C11H14N2O3S/c12-6-7-17(15,16)13-11(9-14)8-10-4-2-1-3-5-10/h1-5,11,13-14H,7-9H2. The highest BCUT2D eigenvalue weighted by molar-refractivity contribution is 7.89. The van der Waals surface area contributed by atoms with Crippen LogP contribution in [0.1, 0.15) is 5.56 Å². The van der Waals surface area contributed by atoms with Crippen molar-refractivity contribution in [3.8, 4) is 6.07 Å². The van der Waals surface area contributed by atoms with E-state index in [1.54, 1.807) is 6.07 Å². The lowest BCUT2D eigenvalue weighted by Crippen LogP contribution is -2.40. The SMILES string of the molecule is N#CCS(=O)(=O)NC(CO)Cc1ccccc1. The smallest absolute Gasteiger partial charge is 0.225 e. The molecule has 2 N–H and O–H groups in total. The van der Waals surface area contributed by atoms with E-state index in [9.17, 15) is 8.42 Å². The van der Waals surface area contributed by atoms with E-state index in [0.29, 0.717) is 6.42 Å². The van der Waals surface area contributed by atoms with Crippen LogP contribution in [0.5, 0.6) is 0 Å². The van der Waals surface area contributed by atoms with Gasteiger partial charge in [0.15, 0.2) is 5.75 Å². The summed E-state index contributed by atoms with van der Waals surface area (Å²) in [5.41, 5.74) is 0.922. The van der Waals surface area contributed by atoms with Crippen LogP contribution in [0.15, 0.2) is 30.3 Å². The van der Waals surface area contributed by atoms with E-state index in [1.165, 1.54) is 0 Å². The van der Waals surface area contributed by atoms with Crippen molar-refractivity contribution >= 4 is 10.0 Å². The summed E-state index contributed by atoms with van der Waals surface area (Å²) in [6, 6.07) is 10.2. The van der Waals surface area contributed by atoms with Gasteiger partial charge in [-0.1, -0.05) is 30.3 Å². The van der Waals surface area contributed by atoms with E-state index in [2.05, 4.69) is 4.72 Å². The molecule has 0 aliphatic rings. The van der Waals surface area contributed by atoms with Crippen molar-refractivity contribution in [2.75, 3.05) is 12.4 Å². The van der Waals surface area contributed by atoms with Crippen LogP contribution in [0.2, 0.25) is 0 Å². The molecule has 17 heavy (non-hydrogen) atoms. The molecule has 1 aromatic rings. The second-order valence-electron chi connectivity index (χ2n) is 3.60. The van der Waals surface area contributed by atoms with Gasteiger partial charge in [0.25, 0.3) is 0 Å². The molecular weight excluding hydrogens is 240 g/mol. The molecule has 1 atom stereocenters. The van der Waals surface area contributed by atoms with E-state index in [-0.39, 0.29) is 6.61 Å². The van der Waals surface area contributed by atoms with Crippen LogP contribution < -0.4 is 4.72 Å². The average molecular weight is 254 g/mol. The summed E-state index contributed by atoms with van der Waals surface area (Å²) in [7, 11) is -3.63. The molecule has 0 aromatic heterocycles. The van der Waals surface area contributed by atoms with Gasteiger partial charge < -0.3 is 5.11 Å². The average Bonchev–Trinajstić information content (AvgIpc) is 2.29. The van der Waals surface area contributed by atoms with Crippen LogP contribution in [-0.2, 0) is 16.4 Å². The molecule has 0 amide bonds. The fourth-order valence-electron chi connectivity index (χ4n) is 1.42. The highest BCUT2D eigenvalue weighted by Crippen LogP contribution is 2.03. The van der Waals surface area contributed by atoms with Gasteiger partial charge in [-0.25, -0.2) is 13.1 Å². The third-order valence-electron chi connectivity index (χ3n) is 2.15. The van der Waals surface area contributed by atoms with Crippen LogP contribution in [0.4, 0.5) is 0 Å². The topological polar surface area (TPSA) is 90.2 Å². The molecule has 6 heteroatoms. The summed E-state index contributed by atoms with van der Waals surface area (Å²) < 4.78 is 25.0. The van der Waals surface area contributed by atoms with Gasteiger partial charge in [0, 0.05) is 6.04 Å². The fourth-order valence-corrected chi connectivity index (χ4v) is 2.34. The Labute approximate surface area is 101 Å². The van der Waals surface area contributed by atoms with Gasteiger partial charge in [-0.05, 0) is 12.0 Å². The Kier molecular flexibility index (Phi) is 5.10. The van der Waals surface area contributed by atoms with Crippen molar-refractivity contribution in [1.29, 1.82) is 5.26 Å². The van der Waals surface area contributed by atoms with Crippen molar-refractivity contribution in [2.45, 2.75) is 12.5 Å². The fraction of sp³-hybridized carbons (Fsp3) is 0.364. The number of aliphatic hydroxyl groups excluding tert-OH is 1. The molecule has 1 rings (SSSR count). The number of hydrogen-bond donors (Lipinski definition) is 2. The summed E-state index contributed by atoms with van der Waals surface area (Å²) in [6.07, 6.45) is 0.391. The van der Waals surface area contributed by atoms with E-state index in [4.69, 9.17) is 10.4 Å². The van der Waals surface area contributed by atoms with Crippen molar-refractivity contribution in [1.82, 2.24) is 4.72 Å². The predicted molar refractivity (Wildman–Crippen MR) is 63.6 cm³/mol. The van der Waals surface area contributed by atoms with Crippen molar-refractivity contribution in [2.24, 2.45) is 0 Å². The minimum atomic E-state index is -3.63. The van der Waals surface area contributed by atoms with Crippen LogP contribution in [0.25, 0.3) is 0 Å². The lowest BCUT2D eigenvalue weighted by atomic mass is 10.1. The Morgan fingerprint density at radius 2 is 2.00 bits per heavy atom. The lowest BCUT2D eigenvalue weighted by Gasteiger charge is -2.15.